The summed E-state index contributed by atoms with van der Waals surface area (Å²) in [5.74, 6) is -1.18. The maximum absolute atomic E-state index is 11.3. The summed E-state index contributed by atoms with van der Waals surface area (Å²) in [6.07, 6.45) is -1.49. The predicted molar refractivity (Wildman–Crippen MR) is 71.2 cm³/mol. The lowest BCUT2D eigenvalue weighted by Gasteiger charge is -2.43. The first kappa shape index (κ1) is 17.6. The van der Waals surface area contributed by atoms with Crippen molar-refractivity contribution >= 4 is 18.2 Å². The smallest absolute Gasteiger partial charge is 0.303 e. The molecule has 0 bridgehead atoms. The Hall–Kier alpha value is -1.47. The summed E-state index contributed by atoms with van der Waals surface area (Å²) < 4.78 is 21.5. The first-order valence-corrected chi connectivity index (χ1v) is 6.95. The third-order valence-electron chi connectivity index (χ3n) is 3.34. The van der Waals surface area contributed by atoms with Gasteiger partial charge in [-0.3, -0.25) is 9.59 Å². The summed E-state index contributed by atoms with van der Waals surface area (Å²) >= 11 is 0. The van der Waals surface area contributed by atoms with Gasteiger partial charge in [0, 0.05) is 19.8 Å². The minimum Gasteiger partial charge on any atom is -0.458 e. The molecule has 1 rings (SSSR count). The van der Waals surface area contributed by atoms with Crippen LogP contribution < -0.4 is 0 Å². The molecule has 7 heteroatoms. The molecule has 0 saturated carbocycles. The average molecular weight is 302 g/mol. The number of rotatable bonds is 6. The van der Waals surface area contributed by atoms with E-state index in [9.17, 15) is 14.4 Å². The van der Waals surface area contributed by atoms with Crippen LogP contribution in [-0.4, -0.2) is 49.4 Å². The Morgan fingerprint density at radius 1 is 1.14 bits per heavy atom. The molecule has 0 aromatic carbocycles. The molecule has 0 radical (unpaired) electrons. The van der Waals surface area contributed by atoms with Crippen molar-refractivity contribution in [2.24, 2.45) is 5.92 Å². The highest BCUT2D eigenvalue weighted by molar-refractivity contribution is 5.67. The second-order valence-electron chi connectivity index (χ2n) is 4.96. The largest absolute Gasteiger partial charge is 0.458 e. The Morgan fingerprint density at radius 3 is 2.19 bits per heavy atom. The Labute approximate surface area is 123 Å². The fourth-order valence-electron chi connectivity index (χ4n) is 2.46. The first-order chi connectivity index (χ1) is 9.90. The van der Waals surface area contributed by atoms with Gasteiger partial charge in [0.15, 0.2) is 12.4 Å². The minimum atomic E-state index is -0.940. The van der Waals surface area contributed by atoms with Gasteiger partial charge in [0.2, 0.25) is 0 Å². The van der Waals surface area contributed by atoms with Crippen molar-refractivity contribution < 1.29 is 33.3 Å². The van der Waals surface area contributed by atoms with Crippen molar-refractivity contribution in [2.45, 2.75) is 58.7 Å². The van der Waals surface area contributed by atoms with Crippen LogP contribution in [0.1, 0.15) is 34.1 Å². The summed E-state index contributed by atoms with van der Waals surface area (Å²) in [7, 11) is 0. The topological polar surface area (TPSA) is 88.1 Å². The molecule has 0 aromatic rings. The molecular formula is C14H22O7. The monoisotopic (exact) mass is 302 g/mol. The van der Waals surface area contributed by atoms with E-state index in [0.717, 1.165) is 0 Å². The van der Waals surface area contributed by atoms with Gasteiger partial charge < -0.3 is 23.7 Å². The highest BCUT2D eigenvalue weighted by Gasteiger charge is 2.47. The Morgan fingerprint density at radius 2 is 1.71 bits per heavy atom. The van der Waals surface area contributed by atoms with E-state index in [1.807, 2.05) is 13.8 Å². The molecule has 0 unspecified atom stereocenters. The van der Waals surface area contributed by atoms with Crippen LogP contribution in [0.2, 0.25) is 0 Å². The average Bonchev–Trinajstić information content (AvgIpc) is 2.41. The quantitative estimate of drug-likeness (QED) is 0.530. The third-order valence-corrected chi connectivity index (χ3v) is 3.34. The standard InChI is InChI=1S/C14H22O7/c1-5-11-8(2)12(19-9(3)16)13(20-10(4)17)14(21-11)18-7-6-15/h6,8,11-14H,5,7H2,1-4H3/t8-,11-,12+,13-,14-/m1/s1. The third kappa shape index (κ3) is 4.78. The molecule has 0 spiro atoms. The van der Waals surface area contributed by atoms with Gasteiger partial charge in [-0.25, -0.2) is 0 Å². The van der Waals surface area contributed by atoms with Crippen LogP contribution in [0.15, 0.2) is 0 Å². The number of hydrogen-bond donors (Lipinski definition) is 0. The van der Waals surface area contributed by atoms with E-state index >= 15 is 0 Å². The predicted octanol–water partition coefficient (Wildman–Crippen LogP) is 0.836. The summed E-state index contributed by atoms with van der Waals surface area (Å²) in [5, 5.41) is 0. The van der Waals surface area contributed by atoms with E-state index in [-0.39, 0.29) is 18.6 Å². The Kier molecular flexibility index (Phi) is 6.77. The zero-order valence-corrected chi connectivity index (χ0v) is 12.7. The molecule has 0 N–H and O–H groups in total. The van der Waals surface area contributed by atoms with Gasteiger partial charge >= 0.3 is 11.9 Å². The molecule has 0 aliphatic carbocycles. The van der Waals surface area contributed by atoms with Crippen molar-refractivity contribution in [3.05, 3.63) is 0 Å². The number of esters is 2. The lowest BCUT2D eigenvalue weighted by molar-refractivity contribution is -0.287. The molecular weight excluding hydrogens is 280 g/mol. The maximum Gasteiger partial charge on any atom is 0.303 e. The van der Waals surface area contributed by atoms with E-state index < -0.39 is 30.4 Å². The zero-order chi connectivity index (χ0) is 16.0. The summed E-state index contributed by atoms with van der Waals surface area (Å²) in [4.78, 5) is 33.1. The minimum absolute atomic E-state index is 0.167. The molecule has 21 heavy (non-hydrogen) atoms. The van der Waals surface area contributed by atoms with E-state index in [2.05, 4.69) is 0 Å². The molecule has 1 aliphatic rings. The molecule has 120 valence electrons. The van der Waals surface area contributed by atoms with Gasteiger partial charge in [0.1, 0.15) is 19.0 Å². The van der Waals surface area contributed by atoms with E-state index in [4.69, 9.17) is 18.9 Å². The number of aldehydes is 1. The van der Waals surface area contributed by atoms with Crippen molar-refractivity contribution in [3.63, 3.8) is 0 Å². The van der Waals surface area contributed by atoms with E-state index in [0.29, 0.717) is 12.7 Å². The van der Waals surface area contributed by atoms with Gasteiger partial charge in [0.05, 0.1) is 6.10 Å². The summed E-state index contributed by atoms with van der Waals surface area (Å²) in [6.45, 7) is 6.12. The molecule has 1 saturated heterocycles. The van der Waals surface area contributed by atoms with Gasteiger partial charge in [-0.05, 0) is 6.42 Å². The first-order valence-electron chi connectivity index (χ1n) is 6.95. The highest BCUT2D eigenvalue weighted by atomic mass is 16.7. The van der Waals surface area contributed by atoms with E-state index in [1.165, 1.54) is 13.8 Å². The van der Waals surface area contributed by atoms with Crippen LogP contribution in [0.3, 0.4) is 0 Å². The van der Waals surface area contributed by atoms with Crippen LogP contribution in [0, 0.1) is 5.92 Å². The molecule has 0 aromatic heterocycles. The summed E-state index contributed by atoms with van der Waals surface area (Å²) in [6, 6.07) is 0. The van der Waals surface area contributed by atoms with Crippen LogP contribution in [0.5, 0.6) is 0 Å². The molecule has 1 aliphatic heterocycles. The normalized spacial score (nSPS) is 32.3. The molecule has 5 atom stereocenters. The fourth-order valence-corrected chi connectivity index (χ4v) is 2.46. The van der Waals surface area contributed by atoms with Crippen LogP contribution in [-0.2, 0) is 33.3 Å². The number of ether oxygens (including phenoxy) is 4. The molecule has 0 amide bonds. The van der Waals surface area contributed by atoms with Gasteiger partial charge in [-0.15, -0.1) is 0 Å². The van der Waals surface area contributed by atoms with Crippen molar-refractivity contribution in [2.75, 3.05) is 6.61 Å². The van der Waals surface area contributed by atoms with Crippen molar-refractivity contribution in [1.82, 2.24) is 0 Å². The van der Waals surface area contributed by atoms with Crippen LogP contribution in [0.4, 0.5) is 0 Å². The molecule has 1 heterocycles. The highest BCUT2D eigenvalue weighted by Crippen LogP contribution is 2.32. The SMILES string of the molecule is CC[C@H]1O[C@@H](OCC=O)[C@H](OC(C)=O)[C@@H](OC(C)=O)[C@@H]1C. The van der Waals surface area contributed by atoms with Crippen molar-refractivity contribution in [1.29, 1.82) is 0 Å². The molecule has 1 fully saturated rings. The number of carbonyl (C=O) groups is 3. The zero-order valence-electron chi connectivity index (χ0n) is 12.7. The lowest BCUT2D eigenvalue weighted by atomic mass is 9.89. The lowest BCUT2D eigenvalue weighted by Crippen LogP contribution is -2.57. The molecule has 7 nitrogen and oxygen atoms in total. The van der Waals surface area contributed by atoms with Crippen molar-refractivity contribution in [3.8, 4) is 0 Å². The summed E-state index contributed by atoms with van der Waals surface area (Å²) in [5.41, 5.74) is 0. The van der Waals surface area contributed by atoms with Gasteiger partial charge in [-0.2, -0.15) is 0 Å². The van der Waals surface area contributed by atoms with Crippen LogP contribution >= 0.6 is 0 Å². The maximum atomic E-state index is 11.3. The van der Waals surface area contributed by atoms with E-state index in [1.54, 1.807) is 0 Å². The van der Waals surface area contributed by atoms with Gasteiger partial charge in [0.25, 0.3) is 0 Å². The fraction of sp³-hybridized carbons (Fsp3) is 0.786. The second-order valence-corrected chi connectivity index (χ2v) is 4.96. The Balaban J connectivity index is 2.99. The second kappa shape index (κ2) is 8.09. The van der Waals surface area contributed by atoms with Gasteiger partial charge in [-0.1, -0.05) is 13.8 Å². The van der Waals surface area contributed by atoms with Crippen LogP contribution in [0.25, 0.3) is 0 Å². The number of carbonyl (C=O) groups excluding carboxylic acids is 3. The number of hydrogen-bond acceptors (Lipinski definition) is 7. The Bertz CT molecular complexity index is 382.